The van der Waals surface area contributed by atoms with Gasteiger partial charge >= 0.3 is 0 Å². The quantitative estimate of drug-likeness (QED) is 0.897. The normalized spacial score (nSPS) is 25.1. The van der Waals surface area contributed by atoms with Gasteiger partial charge in [-0.05, 0) is 23.6 Å². The molecule has 1 amide bonds. The summed E-state index contributed by atoms with van der Waals surface area (Å²) < 4.78 is 11.4. The van der Waals surface area contributed by atoms with Crippen LogP contribution in [-0.2, 0) is 16.1 Å². The van der Waals surface area contributed by atoms with Gasteiger partial charge in [0.1, 0.15) is 5.75 Å². The maximum absolute atomic E-state index is 12.1. The molecule has 2 saturated heterocycles. The number of carbonyl (C=O) groups excluding carboxylic acids is 1. The molecule has 5 nitrogen and oxygen atoms in total. The molecule has 5 heteroatoms. The van der Waals surface area contributed by atoms with Crippen molar-refractivity contribution >= 4 is 5.91 Å². The molecular weight excluding hydrogens is 292 g/mol. The third-order valence-corrected chi connectivity index (χ3v) is 4.20. The van der Waals surface area contributed by atoms with Crippen LogP contribution in [0.3, 0.4) is 0 Å². The van der Waals surface area contributed by atoms with E-state index in [1.807, 2.05) is 12.1 Å². The Kier molecular flexibility index (Phi) is 5.18. The second kappa shape index (κ2) is 7.32. The lowest BCUT2D eigenvalue weighted by Crippen LogP contribution is -2.41. The van der Waals surface area contributed by atoms with E-state index in [1.54, 1.807) is 0 Å². The van der Waals surface area contributed by atoms with E-state index in [0.717, 1.165) is 32.0 Å². The van der Waals surface area contributed by atoms with Crippen molar-refractivity contribution in [3.8, 4) is 5.75 Å². The predicted molar refractivity (Wildman–Crippen MR) is 88.3 cm³/mol. The zero-order valence-electron chi connectivity index (χ0n) is 14.0. The van der Waals surface area contributed by atoms with Gasteiger partial charge in [0, 0.05) is 19.6 Å². The first-order valence-corrected chi connectivity index (χ1v) is 8.42. The van der Waals surface area contributed by atoms with E-state index >= 15 is 0 Å². The molecule has 3 rings (SSSR count). The number of benzene rings is 1. The summed E-state index contributed by atoms with van der Waals surface area (Å²) in [6.07, 6.45) is 0. The Morgan fingerprint density at radius 2 is 2.22 bits per heavy atom. The van der Waals surface area contributed by atoms with Crippen molar-refractivity contribution in [3.05, 3.63) is 29.8 Å². The second-order valence-corrected chi connectivity index (χ2v) is 6.99. The lowest BCUT2D eigenvalue weighted by molar-refractivity contribution is -0.125. The van der Waals surface area contributed by atoms with Crippen molar-refractivity contribution in [3.63, 3.8) is 0 Å². The molecule has 1 aromatic rings. The molecule has 0 radical (unpaired) electrons. The first kappa shape index (κ1) is 16.3. The van der Waals surface area contributed by atoms with Crippen LogP contribution < -0.4 is 10.1 Å². The number of ether oxygens (including phenoxy) is 2. The lowest BCUT2D eigenvalue weighted by Gasteiger charge is -2.27. The molecule has 0 aromatic heterocycles. The fraction of sp³-hybridized carbons (Fsp3) is 0.611. The van der Waals surface area contributed by atoms with Gasteiger partial charge in [0.25, 0.3) is 0 Å². The molecule has 126 valence electrons. The van der Waals surface area contributed by atoms with Gasteiger partial charge in [-0.25, -0.2) is 0 Å². The largest absolute Gasteiger partial charge is 0.493 e. The van der Waals surface area contributed by atoms with Crippen LogP contribution in [0.1, 0.15) is 19.4 Å². The Labute approximate surface area is 137 Å². The number of amides is 1. The summed E-state index contributed by atoms with van der Waals surface area (Å²) in [5.74, 6) is 1.50. The highest BCUT2D eigenvalue weighted by Crippen LogP contribution is 2.19. The van der Waals surface area contributed by atoms with Gasteiger partial charge in [-0.3, -0.25) is 9.69 Å². The monoisotopic (exact) mass is 318 g/mol. The zero-order chi connectivity index (χ0) is 16.2. The highest BCUT2D eigenvalue weighted by Gasteiger charge is 2.33. The van der Waals surface area contributed by atoms with Crippen LogP contribution in [0.25, 0.3) is 0 Å². The Hall–Kier alpha value is -1.59. The smallest absolute Gasteiger partial charge is 0.227 e. The first-order valence-electron chi connectivity index (χ1n) is 8.42. The molecule has 2 aliphatic rings. The zero-order valence-corrected chi connectivity index (χ0v) is 14.0. The second-order valence-electron chi connectivity index (χ2n) is 6.99. The molecule has 1 aromatic carbocycles. The molecule has 2 atom stereocenters. The van der Waals surface area contributed by atoms with Gasteiger partial charge in [0.05, 0.1) is 31.8 Å². The van der Waals surface area contributed by atoms with Gasteiger partial charge in [-0.1, -0.05) is 26.0 Å². The number of nitrogens with zero attached hydrogens (tertiary/aromatic N) is 1. The van der Waals surface area contributed by atoms with E-state index in [1.165, 1.54) is 5.56 Å². The summed E-state index contributed by atoms with van der Waals surface area (Å²) >= 11 is 0. The minimum absolute atomic E-state index is 0.0668. The molecule has 0 aliphatic carbocycles. The Morgan fingerprint density at radius 3 is 3.04 bits per heavy atom. The summed E-state index contributed by atoms with van der Waals surface area (Å²) in [5.41, 5.74) is 1.22. The minimum atomic E-state index is -0.0668. The highest BCUT2D eigenvalue weighted by atomic mass is 16.5. The Balaban J connectivity index is 1.64. The van der Waals surface area contributed by atoms with E-state index in [9.17, 15) is 4.79 Å². The van der Waals surface area contributed by atoms with E-state index < -0.39 is 0 Å². The van der Waals surface area contributed by atoms with Crippen molar-refractivity contribution in [1.82, 2.24) is 10.2 Å². The van der Waals surface area contributed by atoms with Gasteiger partial charge in [-0.2, -0.15) is 0 Å². The molecule has 2 aliphatic heterocycles. The summed E-state index contributed by atoms with van der Waals surface area (Å²) in [6.45, 7) is 8.57. The average Bonchev–Trinajstić information content (AvgIpc) is 2.74. The SMILES string of the molecule is CC(C)COc1cccc(CN2C[C@H]3COC[C@@H](C2)C(=O)N3)c1. The highest BCUT2D eigenvalue weighted by molar-refractivity contribution is 5.79. The molecule has 0 unspecified atom stereocenters. The molecule has 2 bridgehead atoms. The molecule has 2 fully saturated rings. The van der Waals surface area contributed by atoms with Crippen LogP contribution in [0.15, 0.2) is 24.3 Å². The van der Waals surface area contributed by atoms with Crippen LogP contribution in [-0.4, -0.2) is 49.8 Å². The third-order valence-electron chi connectivity index (χ3n) is 4.20. The van der Waals surface area contributed by atoms with Gasteiger partial charge < -0.3 is 14.8 Å². The van der Waals surface area contributed by atoms with Crippen molar-refractivity contribution in [2.24, 2.45) is 11.8 Å². The van der Waals surface area contributed by atoms with Crippen molar-refractivity contribution in [1.29, 1.82) is 0 Å². The number of nitrogens with one attached hydrogen (secondary N) is 1. The number of rotatable bonds is 5. The van der Waals surface area contributed by atoms with Crippen LogP contribution >= 0.6 is 0 Å². The number of hydrogen-bond donors (Lipinski definition) is 1. The Morgan fingerprint density at radius 1 is 1.35 bits per heavy atom. The predicted octanol–water partition coefficient (Wildman–Crippen LogP) is 1.67. The summed E-state index contributed by atoms with van der Waals surface area (Å²) in [7, 11) is 0. The van der Waals surface area contributed by atoms with Crippen LogP contribution in [0.4, 0.5) is 0 Å². The average molecular weight is 318 g/mol. The van der Waals surface area contributed by atoms with Gasteiger partial charge in [0.15, 0.2) is 0 Å². The van der Waals surface area contributed by atoms with Crippen molar-refractivity contribution in [2.75, 3.05) is 32.9 Å². The minimum Gasteiger partial charge on any atom is -0.493 e. The van der Waals surface area contributed by atoms with E-state index in [-0.39, 0.29) is 17.9 Å². The summed E-state index contributed by atoms with van der Waals surface area (Å²) in [6, 6.07) is 8.36. The van der Waals surface area contributed by atoms with Crippen LogP contribution in [0.5, 0.6) is 5.75 Å². The van der Waals surface area contributed by atoms with Gasteiger partial charge in [0.2, 0.25) is 5.91 Å². The topological polar surface area (TPSA) is 50.8 Å². The molecule has 0 spiro atoms. The van der Waals surface area contributed by atoms with Crippen LogP contribution in [0.2, 0.25) is 0 Å². The van der Waals surface area contributed by atoms with E-state index in [2.05, 4.69) is 36.2 Å². The molecule has 23 heavy (non-hydrogen) atoms. The standard InChI is InChI=1S/C18H26N2O3/c1-13(2)10-23-17-5-3-4-14(6-17)7-20-8-15-11-22-12-16(9-20)19-18(15)21/h3-6,13,15-16H,7-12H2,1-2H3,(H,19,21)/t15-,16+/m1/s1. The fourth-order valence-corrected chi connectivity index (χ4v) is 3.10. The summed E-state index contributed by atoms with van der Waals surface area (Å²) in [4.78, 5) is 14.4. The Bertz CT molecular complexity index is 547. The molecular formula is C18H26N2O3. The van der Waals surface area contributed by atoms with Crippen molar-refractivity contribution in [2.45, 2.75) is 26.4 Å². The lowest BCUT2D eigenvalue weighted by atomic mass is 10.1. The van der Waals surface area contributed by atoms with E-state index in [4.69, 9.17) is 9.47 Å². The molecule has 1 N–H and O–H groups in total. The van der Waals surface area contributed by atoms with Crippen LogP contribution in [0, 0.1) is 11.8 Å². The molecule has 0 saturated carbocycles. The van der Waals surface area contributed by atoms with Crippen molar-refractivity contribution < 1.29 is 14.3 Å². The number of fused-ring (bicyclic) bond motifs is 3. The molecule has 2 heterocycles. The first-order chi connectivity index (χ1) is 11.1. The third kappa shape index (κ3) is 4.45. The maximum Gasteiger partial charge on any atom is 0.227 e. The fourth-order valence-electron chi connectivity index (χ4n) is 3.10. The maximum atomic E-state index is 12.1. The summed E-state index contributed by atoms with van der Waals surface area (Å²) in [5, 5.41) is 3.07. The number of hydrogen-bond acceptors (Lipinski definition) is 4. The number of carbonyl (C=O) groups is 1. The van der Waals surface area contributed by atoms with E-state index in [0.29, 0.717) is 19.1 Å². The van der Waals surface area contributed by atoms with Gasteiger partial charge in [-0.15, -0.1) is 0 Å².